The SMILES string of the molecule is CCCSc1nc(N[C@@H]2C[C@H]2c2ccc(F)c(F)c2)c2nnn([C@]3(O)CC[C@H](OCCO)[C@H]3O)c2n1. The summed E-state index contributed by atoms with van der Waals surface area (Å²) >= 11 is 1.44. The van der Waals surface area contributed by atoms with Gasteiger partial charge in [0.1, 0.15) is 6.10 Å². The fraction of sp³-hybridized carbons (Fsp3) is 0.565. The van der Waals surface area contributed by atoms with Crippen molar-refractivity contribution in [2.24, 2.45) is 0 Å². The zero-order valence-corrected chi connectivity index (χ0v) is 20.5. The summed E-state index contributed by atoms with van der Waals surface area (Å²) in [5.74, 6) is -0.585. The van der Waals surface area contributed by atoms with Gasteiger partial charge in [-0.15, -0.1) is 5.10 Å². The first-order chi connectivity index (χ1) is 17.4. The third kappa shape index (κ3) is 4.65. The Morgan fingerprint density at radius 2 is 2.11 bits per heavy atom. The quantitative estimate of drug-likeness (QED) is 0.231. The Morgan fingerprint density at radius 3 is 2.86 bits per heavy atom. The fourth-order valence-corrected chi connectivity index (χ4v) is 5.32. The average Bonchev–Trinajstić information content (AvgIpc) is 3.39. The monoisotopic (exact) mass is 522 g/mol. The Kier molecular flexibility index (Phi) is 7.10. The highest BCUT2D eigenvalue weighted by atomic mass is 32.2. The van der Waals surface area contributed by atoms with E-state index in [9.17, 15) is 19.0 Å². The topological polar surface area (TPSA) is 138 Å². The number of ether oxygens (including phenoxy) is 1. The Morgan fingerprint density at radius 1 is 1.28 bits per heavy atom. The Hall–Kier alpha value is -2.45. The first-order valence-electron chi connectivity index (χ1n) is 12.0. The molecule has 0 aliphatic heterocycles. The van der Waals surface area contributed by atoms with Gasteiger partial charge < -0.3 is 25.4 Å². The molecule has 0 radical (unpaired) electrons. The molecular formula is C23H28F2N6O4S. The summed E-state index contributed by atoms with van der Waals surface area (Å²) < 4.78 is 33.7. The van der Waals surface area contributed by atoms with Crippen molar-refractivity contribution in [3.63, 3.8) is 0 Å². The second kappa shape index (κ2) is 10.1. The highest BCUT2D eigenvalue weighted by Gasteiger charge is 2.51. The smallest absolute Gasteiger partial charge is 0.191 e. The lowest BCUT2D eigenvalue weighted by Gasteiger charge is -2.28. The molecule has 0 saturated heterocycles. The predicted molar refractivity (Wildman–Crippen MR) is 128 cm³/mol. The van der Waals surface area contributed by atoms with Crippen molar-refractivity contribution in [3.8, 4) is 0 Å². The zero-order valence-electron chi connectivity index (χ0n) is 19.6. The number of fused-ring (bicyclic) bond motifs is 1. The lowest BCUT2D eigenvalue weighted by molar-refractivity contribution is -0.154. The maximum absolute atomic E-state index is 13.7. The van der Waals surface area contributed by atoms with E-state index in [2.05, 4.69) is 25.6 Å². The Balaban J connectivity index is 1.45. The van der Waals surface area contributed by atoms with E-state index < -0.39 is 29.6 Å². The number of hydrogen-bond donors (Lipinski definition) is 4. The van der Waals surface area contributed by atoms with E-state index in [-0.39, 0.29) is 37.2 Å². The highest BCUT2D eigenvalue weighted by molar-refractivity contribution is 7.99. The maximum Gasteiger partial charge on any atom is 0.191 e. The second-order valence-corrected chi connectivity index (χ2v) is 10.2. The molecule has 4 N–H and O–H groups in total. The molecule has 2 aromatic heterocycles. The Labute approximate surface area is 210 Å². The van der Waals surface area contributed by atoms with Crippen LogP contribution in [0.2, 0.25) is 0 Å². The van der Waals surface area contributed by atoms with Crippen molar-refractivity contribution >= 4 is 28.7 Å². The predicted octanol–water partition coefficient (Wildman–Crippen LogP) is 2.15. The number of thioether (sulfide) groups is 1. The molecule has 0 unspecified atom stereocenters. The summed E-state index contributed by atoms with van der Waals surface area (Å²) in [6.45, 7) is 1.89. The van der Waals surface area contributed by atoms with Gasteiger partial charge in [0.2, 0.25) is 0 Å². The van der Waals surface area contributed by atoms with Crippen LogP contribution >= 0.6 is 11.8 Å². The molecule has 194 valence electrons. The fourth-order valence-electron chi connectivity index (χ4n) is 4.62. The molecule has 5 rings (SSSR count). The van der Waals surface area contributed by atoms with Gasteiger partial charge in [-0.3, -0.25) is 0 Å². The molecular weight excluding hydrogens is 494 g/mol. The van der Waals surface area contributed by atoms with Gasteiger partial charge in [-0.05, 0) is 37.0 Å². The van der Waals surface area contributed by atoms with Crippen LogP contribution in [0.15, 0.2) is 23.4 Å². The van der Waals surface area contributed by atoms with Gasteiger partial charge in [0.15, 0.2) is 39.5 Å². The van der Waals surface area contributed by atoms with Crippen molar-refractivity contribution in [2.75, 3.05) is 24.3 Å². The third-order valence-electron chi connectivity index (χ3n) is 6.61. The number of anilines is 1. The van der Waals surface area contributed by atoms with Gasteiger partial charge in [0.05, 0.1) is 19.3 Å². The van der Waals surface area contributed by atoms with Crippen molar-refractivity contribution in [3.05, 3.63) is 35.4 Å². The van der Waals surface area contributed by atoms with Crippen LogP contribution in [0.4, 0.5) is 14.6 Å². The van der Waals surface area contributed by atoms with Gasteiger partial charge in [-0.2, -0.15) is 4.68 Å². The van der Waals surface area contributed by atoms with E-state index in [1.807, 2.05) is 6.92 Å². The lowest BCUT2D eigenvalue weighted by Crippen LogP contribution is -2.46. The molecule has 2 aliphatic rings. The second-order valence-electron chi connectivity index (χ2n) is 9.14. The van der Waals surface area contributed by atoms with Crippen molar-refractivity contribution in [1.82, 2.24) is 25.0 Å². The van der Waals surface area contributed by atoms with E-state index in [4.69, 9.17) is 9.84 Å². The molecule has 2 fully saturated rings. The first kappa shape index (κ1) is 25.2. The summed E-state index contributed by atoms with van der Waals surface area (Å²) in [7, 11) is 0. The molecule has 0 amide bonds. The van der Waals surface area contributed by atoms with E-state index >= 15 is 0 Å². The first-order valence-corrected chi connectivity index (χ1v) is 13.0. The molecule has 36 heavy (non-hydrogen) atoms. The minimum atomic E-state index is -1.79. The van der Waals surface area contributed by atoms with Gasteiger partial charge in [-0.1, -0.05) is 30.0 Å². The molecule has 0 spiro atoms. The van der Waals surface area contributed by atoms with E-state index in [1.165, 1.54) is 22.5 Å². The lowest BCUT2D eigenvalue weighted by atomic mass is 10.1. The molecule has 5 atom stereocenters. The summed E-state index contributed by atoms with van der Waals surface area (Å²) in [6, 6.07) is 3.84. The van der Waals surface area contributed by atoms with Gasteiger partial charge in [0.25, 0.3) is 0 Å². The van der Waals surface area contributed by atoms with Crippen LogP contribution in [-0.2, 0) is 10.5 Å². The van der Waals surface area contributed by atoms with Crippen LogP contribution < -0.4 is 5.32 Å². The van der Waals surface area contributed by atoms with Crippen LogP contribution in [0.3, 0.4) is 0 Å². The largest absolute Gasteiger partial charge is 0.394 e. The zero-order chi connectivity index (χ0) is 25.4. The summed E-state index contributed by atoms with van der Waals surface area (Å²) in [6.07, 6.45) is 0.165. The van der Waals surface area contributed by atoms with E-state index in [0.29, 0.717) is 34.9 Å². The van der Waals surface area contributed by atoms with Gasteiger partial charge >= 0.3 is 0 Å². The number of benzene rings is 1. The molecule has 2 heterocycles. The minimum absolute atomic E-state index is 0.0165. The Bertz CT molecular complexity index is 1250. The molecule has 3 aromatic rings. The number of rotatable bonds is 10. The van der Waals surface area contributed by atoms with Crippen LogP contribution in [0, 0.1) is 11.6 Å². The standard InChI is InChI=1S/C23H28F2N6O4S/c1-2-9-36-22-27-20(26-16-11-13(16)12-3-4-14(24)15(25)10-12)18-21(28-22)31(30-29-18)23(34)6-5-17(19(23)33)35-8-7-32/h3-4,10,13,16-17,19,32-34H,2,5-9,11H2,1H3,(H,26,27,28)/t13-,16+,17-,19+,23-/m0/s1. The third-order valence-corrected chi connectivity index (χ3v) is 7.67. The number of aliphatic hydroxyl groups excluding tert-OH is 2. The molecule has 13 heteroatoms. The van der Waals surface area contributed by atoms with Crippen LogP contribution in [0.25, 0.3) is 11.2 Å². The number of aliphatic hydroxyl groups is 3. The van der Waals surface area contributed by atoms with E-state index in [0.717, 1.165) is 18.2 Å². The summed E-state index contributed by atoms with van der Waals surface area (Å²) in [5, 5.41) is 43.4. The highest BCUT2D eigenvalue weighted by Crippen LogP contribution is 2.44. The minimum Gasteiger partial charge on any atom is -0.394 e. The number of nitrogens with zero attached hydrogens (tertiary/aromatic N) is 5. The van der Waals surface area contributed by atoms with Gasteiger partial charge in [-0.25, -0.2) is 18.7 Å². The van der Waals surface area contributed by atoms with Crippen LogP contribution in [0.1, 0.15) is 44.1 Å². The maximum atomic E-state index is 13.7. The summed E-state index contributed by atoms with van der Waals surface area (Å²) in [4.78, 5) is 9.19. The van der Waals surface area contributed by atoms with E-state index in [1.54, 1.807) is 6.07 Å². The average molecular weight is 523 g/mol. The molecule has 2 saturated carbocycles. The number of hydrogen-bond acceptors (Lipinski definition) is 10. The number of halogens is 2. The molecule has 0 bridgehead atoms. The molecule has 10 nitrogen and oxygen atoms in total. The van der Waals surface area contributed by atoms with Crippen molar-refractivity contribution < 1.29 is 28.8 Å². The summed E-state index contributed by atoms with van der Waals surface area (Å²) in [5.41, 5.74) is -0.508. The van der Waals surface area contributed by atoms with Crippen LogP contribution in [0.5, 0.6) is 0 Å². The van der Waals surface area contributed by atoms with Crippen LogP contribution in [-0.4, -0.2) is 77.5 Å². The van der Waals surface area contributed by atoms with Gasteiger partial charge in [0, 0.05) is 24.1 Å². The van der Waals surface area contributed by atoms with Crippen molar-refractivity contribution in [2.45, 2.75) is 67.7 Å². The molecule has 2 aliphatic carbocycles. The van der Waals surface area contributed by atoms with Crippen molar-refractivity contribution in [1.29, 1.82) is 0 Å². The number of aromatic nitrogens is 5. The number of nitrogens with one attached hydrogen (secondary N) is 1. The molecule has 1 aromatic carbocycles. The normalized spacial score (nSPS) is 27.6.